The number of hydrogen-bond donors (Lipinski definition) is 0. The van der Waals surface area contributed by atoms with Crippen LogP contribution < -0.4 is 0 Å². The minimum Gasteiger partial charge on any atom is -0.260 e. The largest absolute Gasteiger partial charge is 0.260 e. The van der Waals surface area contributed by atoms with Gasteiger partial charge in [-0.3, -0.25) is 4.98 Å². The predicted octanol–water partition coefficient (Wildman–Crippen LogP) is 1.14. The lowest BCUT2D eigenvalue weighted by atomic mass is 10.3. The van der Waals surface area contributed by atoms with Crippen LogP contribution in [0.25, 0.3) is 0 Å². The van der Waals surface area contributed by atoms with Gasteiger partial charge in [0, 0.05) is 19.3 Å². The van der Waals surface area contributed by atoms with E-state index in [0.717, 1.165) is 22.8 Å². The molecule has 0 saturated carbocycles. The monoisotopic (exact) mass is 257 g/mol. The van der Waals surface area contributed by atoms with E-state index in [1.165, 1.54) is 7.05 Å². The van der Waals surface area contributed by atoms with E-state index in [1.54, 1.807) is 6.92 Å². The zero-order valence-corrected chi connectivity index (χ0v) is 10.3. The predicted molar refractivity (Wildman–Crippen MR) is 58.8 cm³/mol. The number of nitrogens with zero attached hydrogens (tertiary/aromatic N) is 3. The van der Waals surface area contributed by atoms with Gasteiger partial charge in [0.2, 0.25) is 10.0 Å². The molecule has 0 bridgehead atoms. The molecule has 1 aromatic heterocycles. The molecule has 0 spiro atoms. The van der Waals surface area contributed by atoms with Crippen molar-refractivity contribution >= 4 is 10.0 Å². The third kappa shape index (κ3) is 2.99. The number of pyridine rings is 1. The topological polar surface area (TPSA) is 74.1 Å². The molecule has 0 amide bonds. The van der Waals surface area contributed by atoms with Gasteiger partial charge in [0.15, 0.2) is 0 Å². The molecule has 0 saturated heterocycles. The van der Waals surface area contributed by atoms with Gasteiger partial charge in [-0.1, -0.05) is 0 Å². The van der Waals surface area contributed by atoms with Gasteiger partial charge in [0.1, 0.15) is 10.7 Å². The summed E-state index contributed by atoms with van der Waals surface area (Å²) in [5.41, 5.74) is 0. The first-order valence-electron chi connectivity index (χ1n) is 4.85. The second kappa shape index (κ2) is 5.21. The van der Waals surface area contributed by atoms with E-state index >= 15 is 0 Å². The minimum atomic E-state index is -3.80. The highest BCUT2D eigenvalue weighted by atomic mass is 32.2. The highest BCUT2D eigenvalue weighted by Crippen LogP contribution is 2.17. The molecule has 0 aliphatic carbocycles. The van der Waals surface area contributed by atoms with Crippen molar-refractivity contribution in [2.24, 2.45) is 0 Å². The van der Waals surface area contributed by atoms with E-state index in [0.29, 0.717) is 0 Å². The minimum absolute atomic E-state index is 0.0679. The summed E-state index contributed by atoms with van der Waals surface area (Å²) in [5, 5.41) is 8.52. The Morgan fingerprint density at radius 1 is 1.59 bits per heavy atom. The highest BCUT2D eigenvalue weighted by Gasteiger charge is 2.25. The fourth-order valence-electron chi connectivity index (χ4n) is 1.20. The molecule has 7 heteroatoms. The van der Waals surface area contributed by atoms with Gasteiger partial charge in [-0.2, -0.15) is 9.57 Å². The molecule has 1 atom stereocenters. The van der Waals surface area contributed by atoms with Crippen molar-refractivity contribution in [3.8, 4) is 6.07 Å². The summed E-state index contributed by atoms with van der Waals surface area (Å²) in [6, 6.07) is 2.31. The van der Waals surface area contributed by atoms with Gasteiger partial charge < -0.3 is 0 Å². The quantitative estimate of drug-likeness (QED) is 0.810. The van der Waals surface area contributed by atoms with Crippen molar-refractivity contribution in [2.45, 2.75) is 24.3 Å². The Morgan fingerprint density at radius 3 is 2.76 bits per heavy atom. The summed E-state index contributed by atoms with van der Waals surface area (Å²) < 4.78 is 38.0. The number of sulfonamides is 1. The van der Waals surface area contributed by atoms with Crippen molar-refractivity contribution in [1.82, 2.24) is 9.29 Å². The molecule has 0 fully saturated rings. The van der Waals surface area contributed by atoms with Gasteiger partial charge in [-0.15, -0.1) is 0 Å². The number of halogens is 1. The normalized spacial score (nSPS) is 13.4. The van der Waals surface area contributed by atoms with Crippen molar-refractivity contribution in [3.63, 3.8) is 0 Å². The van der Waals surface area contributed by atoms with Gasteiger partial charge in [-0.05, 0) is 13.0 Å². The third-order valence-electron chi connectivity index (χ3n) is 2.36. The maximum atomic E-state index is 12.9. The van der Waals surface area contributed by atoms with Crippen LogP contribution in [0.1, 0.15) is 13.3 Å². The van der Waals surface area contributed by atoms with E-state index in [9.17, 15) is 12.8 Å². The SMILES string of the molecule is CC(CC#N)N(C)S(=O)(=O)c1cncc(F)c1. The molecule has 92 valence electrons. The van der Waals surface area contributed by atoms with Crippen LogP contribution in [0.2, 0.25) is 0 Å². The summed E-state index contributed by atoms with van der Waals surface area (Å²) in [5.74, 6) is -0.715. The number of hydrogen-bond acceptors (Lipinski definition) is 4. The maximum absolute atomic E-state index is 12.9. The Kier molecular flexibility index (Phi) is 4.15. The average molecular weight is 257 g/mol. The van der Waals surface area contributed by atoms with Gasteiger partial charge >= 0.3 is 0 Å². The van der Waals surface area contributed by atoms with Crippen molar-refractivity contribution < 1.29 is 12.8 Å². The second-order valence-corrected chi connectivity index (χ2v) is 5.57. The molecule has 17 heavy (non-hydrogen) atoms. The fourth-order valence-corrected chi connectivity index (χ4v) is 2.53. The molecular weight excluding hydrogens is 245 g/mol. The smallest absolute Gasteiger partial charge is 0.244 e. The Labute approximate surface area is 99.6 Å². The Bertz CT molecular complexity index is 539. The molecule has 1 heterocycles. The van der Waals surface area contributed by atoms with Crippen LogP contribution in [-0.4, -0.2) is 30.8 Å². The van der Waals surface area contributed by atoms with Crippen molar-refractivity contribution in [1.29, 1.82) is 5.26 Å². The standard InChI is InChI=1S/C10H12FN3O2S/c1-8(3-4-12)14(2)17(15,16)10-5-9(11)6-13-7-10/h5-8H,3H2,1-2H3. The van der Waals surface area contributed by atoms with Crippen LogP contribution in [0.5, 0.6) is 0 Å². The van der Waals surface area contributed by atoms with Gasteiger partial charge in [-0.25, -0.2) is 12.8 Å². The molecule has 0 aliphatic heterocycles. The van der Waals surface area contributed by atoms with Gasteiger partial charge in [0.25, 0.3) is 0 Å². The lowest BCUT2D eigenvalue weighted by Gasteiger charge is -2.22. The Morgan fingerprint density at radius 2 is 2.24 bits per heavy atom. The third-order valence-corrected chi connectivity index (χ3v) is 4.30. The Balaban J connectivity index is 3.08. The van der Waals surface area contributed by atoms with E-state index < -0.39 is 21.9 Å². The van der Waals surface area contributed by atoms with E-state index in [1.807, 2.05) is 6.07 Å². The first-order valence-corrected chi connectivity index (χ1v) is 6.29. The molecule has 5 nitrogen and oxygen atoms in total. The lowest BCUT2D eigenvalue weighted by Crippen LogP contribution is -2.34. The summed E-state index contributed by atoms with van der Waals surface area (Å²) >= 11 is 0. The van der Waals surface area contributed by atoms with Crippen LogP contribution in [-0.2, 0) is 10.0 Å². The molecule has 0 aromatic carbocycles. The average Bonchev–Trinajstić information content (AvgIpc) is 2.28. The van der Waals surface area contributed by atoms with E-state index in [2.05, 4.69) is 4.98 Å². The molecule has 0 N–H and O–H groups in total. The first kappa shape index (κ1) is 13.5. The molecule has 1 rings (SSSR count). The van der Waals surface area contributed by atoms with E-state index in [-0.39, 0.29) is 11.3 Å². The summed E-state index contributed by atoms with van der Waals surface area (Å²) in [6.45, 7) is 1.60. The number of rotatable bonds is 4. The molecular formula is C10H12FN3O2S. The van der Waals surface area contributed by atoms with E-state index in [4.69, 9.17) is 5.26 Å². The number of aromatic nitrogens is 1. The zero-order chi connectivity index (χ0) is 13.1. The molecule has 1 unspecified atom stereocenters. The zero-order valence-electron chi connectivity index (χ0n) is 9.46. The summed E-state index contributed by atoms with van der Waals surface area (Å²) in [6.07, 6.45) is 2.07. The van der Waals surface area contributed by atoms with Crippen LogP contribution in [0.3, 0.4) is 0 Å². The van der Waals surface area contributed by atoms with Gasteiger partial charge in [0.05, 0.1) is 18.7 Å². The van der Waals surface area contributed by atoms with Crippen LogP contribution in [0, 0.1) is 17.1 Å². The summed E-state index contributed by atoms with van der Waals surface area (Å²) in [7, 11) is -2.45. The Hall–Kier alpha value is -1.52. The van der Waals surface area contributed by atoms with Crippen molar-refractivity contribution in [2.75, 3.05) is 7.05 Å². The maximum Gasteiger partial charge on any atom is 0.244 e. The first-order chi connectivity index (χ1) is 7.89. The van der Waals surface area contributed by atoms with Crippen LogP contribution in [0.15, 0.2) is 23.4 Å². The van der Waals surface area contributed by atoms with Crippen LogP contribution in [0.4, 0.5) is 4.39 Å². The number of nitriles is 1. The highest BCUT2D eigenvalue weighted by molar-refractivity contribution is 7.89. The van der Waals surface area contributed by atoms with Crippen LogP contribution >= 0.6 is 0 Å². The second-order valence-electron chi connectivity index (χ2n) is 3.57. The molecule has 0 radical (unpaired) electrons. The molecule has 1 aromatic rings. The molecule has 0 aliphatic rings. The summed E-state index contributed by atoms with van der Waals surface area (Å²) in [4.78, 5) is 3.27. The fraction of sp³-hybridized carbons (Fsp3) is 0.400. The lowest BCUT2D eigenvalue weighted by molar-refractivity contribution is 0.392. The van der Waals surface area contributed by atoms with Crippen molar-refractivity contribution in [3.05, 3.63) is 24.3 Å².